The van der Waals surface area contributed by atoms with Crippen LogP contribution in [-0.2, 0) is 13.7 Å². The van der Waals surface area contributed by atoms with Gasteiger partial charge in [0.25, 0.3) is 0 Å². The molecule has 17 heavy (non-hydrogen) atoms. The van der Waals surface area contributed by atoms with Gasteiger partial charge < -0.3 is 5.11 Å². The third-order valence-electron chi connectivity index (χ3n) is 2.53. The number of benzene rings is 1. The van der Waals surface area contributed by atoms with Crippen LogP contribution in [0.25, 0.3) is 0 Å². The Kier molecular flexibility index (Phi) is 3.35. The Balaban J connectivity index is 2.28. The number of aromatic nitrogens is 3. The minimum atomic E-state index is -0.226. The van der Waals surface area contributed by atoms with E-state index in [-0.39, 0.29) is 12.3 Å². The summed E-state index contributed by atoms with van der Waals surface area (Å²) in [6.07, 6.45) is 0. The average Bonchev–Trinajstić information content (AvgIpc) is 2.61. The third kappa shape index (κ3) is 2.42. The normalized spacial score (nSPS) is 10.8. The maximum Gasteiger partial charge on any atom is 0.343 e. The number of nitrogens with zero attached hydrogens (tertiary/aromatic N) is 2. The van der Waals surface area contributed by atoms with Gasteiger partial charge in [-0.15, -0.1) is 5.10 Å². The fraction of sp³-hybridized carbons (Fsp3) is 0.273. The second-order valence-electron chi connectivity index (χ2n) is 3.72. The first kappa shape index (κ1) is 11.9. The molecular formula is C11H13N3O2S. The predicted octanol–water partition coefficient (Wildman–Crippen LogP) is 1.06. The van der Waals surface area contributed by atoms with Crippen LogP contribution in [-0.4, -0.2) is 19.9 Å². The predicted molar refractivity (Wildman–Crippen MR) is 65.1 cm³/mol. The highest BCUT2D eigenvalue weighted by Crippen LogP contribution is 2.26. The van der Waals surface area contributed by atoms with Crippen LogP contribution in [0, 0.1) is 6.92 Å². The van der Waals surface area contributed by atoms with E-state index in [9.17, 15) is 4.79 Å². The zero-order chi connectivity index (χ0) is 12.4. The lowest BCUT2D eigenvalue weighted by Gasteiger charge is -2.05. The number of nitrogens with one attached hydrogen (secondary N) is 1. The Labute approximate surface area is 102 Å². The number of aliphatic hydroxyl groups excluding tert-OH is 1. The maximum absolute atomic E-state index is 11.2. The molecule has 0 bridgehead atoms. The zero-order valence-corrected chi connectivity index (χ0v) is 10.4. The van der Waals surface area contributed by atoms with Crippen LogP contribution in [0.1, 0.15) is 11.1 Å². The van der Waals surface area contributed by atoms with E-state index in [1.807, 2.05) is 25.1 Å². The minimum Gasteiger partial charge on any atom is -0.392 e. The molecule has 0 aliphatic rings. The summed E-state index contributed by atoms with van der Waals surface area (Å²) in [5.41, 5.74) is 1.71. The van der Waals surface area contributed by atoms with Crippen molar-refractivity contribution in [1.82, 2.24) is 14.8 Å². The molecular weight excluding hydrogens is 238 g/mol. The van der Waals surface area contributed by atoms with E-state index in [2.05, 4.69) is 10.2 Å². The van der Waals surface area contributed by atoms with Gasteiger partial charge in [0, 0.05) is 11.9 Å². The van der Waals surface area contributed by atoms with E-state index in [0.29, 0.717) is 5.16 Å². The third-order valence-corrected chi connectivity index (χ3v) is 3.57. The molecule has 2 rings (SSSR count). The first-order valence-electron chi connectivity index (χ1n) is 5.11. The Morgan fingerprint density at radius 3 is 2.82 bits per heavy atom. The fourth-order valence-corrected chi connectivity index (χ4v) is 2.33. The lowest BCUT2D eigenvalue weighted by atomic mass is 10.1. The minimum absolute atomic E-state index is 0.0394. The van der Waals surface area contributed by atoms with Gasteiger partial charge in [-0.2, -0.15) is 0 Å². The molecule has 0 radical (unpaired) electrons. The van der Waals surface area contributed by atoms with Crippen molar-refractivity contribution in [2.75, 3.05) is 0 Å². The van der Waals surface area contributed by atoms with E-state index in [1.54, 1.807) is 7.05 Å². The van der Waals surface area contributed by atoms with Gasteiger partial charge in [0.1, 0.15) is 0 Å². The number of H-pyrrole nitrogens is 1. The van der Waals surface area contributed by atoms with Crippen molar-refractivity contribution in [3.63, 3.8) is 0 Å². The molecule has 0 saturated carbocycles. The molecule has 1 aromatic carbocycles. The summed E-state index contributed by atoms with van der Waals surface area (Å²) in [5.74, 6) is 0. The molecule has 1 aromatic heterocycles. The van der Waals surface area contributed by atoms with Gasteiger partial charge in [-0.3, -0.25) is 4.57 Å². The van der Waals surface area contributed by atoms with Crippen molar-refractivity contribution in [3.8, 4) is 0 Å². The molecule has 0 saturated heterocycles. The lowest BCUT2D eigenvalue weighted by molar-refractivity contribution is 0.281. The van der Waals surface area contributed by atoms with Crippen LogP contribution >= 0.6 is 11.8 Å². The van der Waals surface area contributed by atoms with Crippen molar-refractivity contribution in [2.24, 2.45) is 7.05 Å². The van der Waals surface area contributed by atoms with Gasteiger partial charge in [0.15, 0.2) is 5.16 Å². The highest BCUT2D eigenvalue weighted by atomic mass is 32.2. The number of aliphatic hydroxyl groups is 1. The molecule has 5 nitrogen and oxygen atoms in total. The van der Waals surface area contributed by atoms with Gasteiger partial charge >= 0.3 is 5.69 Å². The van der Waals surface area contributed by atoms with Crippen LogP contribution < -0.4 is 5.69 Å². The summed E-state index contributed by atoms with van der Waals surface area (Å²) in [6, 6.07) is 5.75. The molecule has 0 atom stereocenters. The summed E-state index contributed by atoms with van der Waals surface area (Å²) in [7, 11) is 1.67. The molecule has 0 unspecified atom stereocenters. The standard InChI is InChI=1S/C11H13N3O2S/c1-7-5-9(4-3-8(7)6-15)17-11-13-12-10(16)14(11)2/h3-5,15H,6H2,1-2H3,(H,12,16). The van der Waals surface area contributed by atoms with Gasteiger partial charge in [-0.25, -0.2) is 9.89 Å². The molecule has 0 aliphatic heterocycles. The summed E-state index contributed by atoms with van der Waals surface area (Å²) >= 11 is 1.41. The smallest absolute Gasteiger partial charge is 0.343 e. The lowest BCUT2D eigenvalue weighted by Crippen LogP contribution is -2.12. The summed E-state index contributed by atoms with van der Waals surface area (Å²) in [5, 5.41) is 16.0. The van der Waals surface area contributed by atoms with Crippen molar-refractivity contribution in [2.45, 2.75) is 23.6 Å². The van der Waals surface area contributed by atoms with Crippen molar-refractivity contribution < 1.29 is 5.11 Å². The number of hydrogen-bond acceptors (Lipinski definition) is 4. The first-order chi connectivity index (χ1) is 8.11. The van der Waals surface area contributed by atoms with Gasteiger partial charge in [-0.1, -0.05) is 6.07 Å². The first-order valence-corrected chi connectivity index (χ1v) is 5.93. The van der Waals surface area contributed by atoms with Gasteiger partial charge in [0.2, 0.25) is 0 Å². The number of aromatic amines is 1. The van der Waals surface area contributed by atoms with Crippen LogP contribution in [0.4, 0.5) is 0 Å². The Morgan fingerprint density at radius 2 is 2.29 bits per heavy atom. The monoisotopic (exact) mass is 251 g/mol. The molecule has 0 spiro atoms. The molecule has 2 aromatic rings. The molecule has 0 fully saturated rings. The highest BCUT2D eigenvalue weighted by Gasteiger charge is 2.07. The largest absolute Gasteiger partial charge is 0.392 e. The van der Waals surface area contributed by atoms with Gasteiger partial charge in [-0.05, 0) is 41.9 Å². The van der Waals surface area contributed by atoms with E-state index in [0.717, 1.165) is 16.0 Å². The molecule has 0 aliphatic carbocycles. The second kappa shape index (κ2) is 4.77. The van der Waals surface area contributed by atoms with Crippen LogP contribution in [0.3, 0.4) is 0 Å². The number of rotatable bonds is 3. The number of hydrogen-bond donors (Lipinski definition) is 2. The van der Waals surface area contributed by atoms with E-state index < -0.39 is 0 Å². The Hall–Kier alpha value is -1.53. The molecule has 1 heterocycles. The molecule has 0 amide bonds. The molecule has 90 valence electrons. The van der Waals surface area contributed by atoms with Gasteiger partial charge in [0.05, 0.1) is 6.61 Å². The second-order valence-corrected chi connectivity index (χ2v) is 4.76. The zero-order valence-electron chi connectivity index (χ0n) is 9.60. The molecule has 6 heteroatoms. The van der Waals surface area contributed by atoms with E-state index in [1.165, 1.54) is 16.3 Å². The van der Waals surface area contributed by atoms with Crippen molar-refractivity contribution >= 4 is 11.8 Å². The fourth-order valence-electron chi connectivity index (χ4n) is 1.44. The van der Waals surface area contributed by atoms with Crippen LogP contribution in [0.5, 0.6) is 0 Å². The summed E-state index contributed by atoms with van der Waals surface area (Å²) in [6.45, 7) is 1.98. The Bertz CT molecular complexity index is 589. The quantitative estimate of drug-likeness (QED) is 0.855. The van der Waals surface area contributed by atoms with Crippen molar-refractivity contribution in [3.05, 3.63) is 39.8 Å². The van der Waals surface area contributed by atoms with Crippen LogP contribution in [0.2, 0.25) is 0 Å². The van der Waals surface area contributed by atoms with Crippen molar-refractivity contribution in [1.29, 1.82) is 0 Å². The summed E-state index contributed by atoms with van der Waals surface area (Å²) < 4.78 is 1.46. The maximum atomic E-state index is 11.2. The highest BCUT2D eigenvalue weighted by molar-refractivity contribution is 7.99. The number of aryl methyl sites for hydroxylation is 1. The Morgan fingerprint density at radius 1 is 1.53 bits per heavy atom. The average molecular weight is 251 g/mol. The molecule has 2 N–H and O–H groups in total. The van der Waals surface area contributed by atoms with E-state index in [4.69, 9.17) is 5.11 Å². The van der Waals surface area contributed by atoms with Crippen LogP contribution in [0.15, 0.2) is 33.0 Å². The van der Waals surface area contributed by atoms with E-state index >= 15 is 0 Å². The summed E-state index contributed by atoms with van der Waals surface area (Å²) in [4.78, 5) is 12.2. The topological polar surface area (TPSA) is 70.9 Å². The SMILES string of the molecule is Cc1cc(Sc2n[nH]c(=O)n2C)ccc1CO.